The van der Waals surface area contributed by atoms with Crippen LogP contribution in [-0.2, 0) is 11.2 Å². The molecule has 2 aromatic rings. The molecule has 0 spiro atoms. The van der Waals surface area contributed by atoms with E-state index >= 15 is 0 Å². The molecule has 1 heterocycles. The van der Waals surface area contributed by atoms with Gasteiger partial charge in [0.15, 0.2) is 0 Å². The molecule has 0 saturated carbocycles. The second-order valence-corrected chi connectivity index (χ2v) is 3.58. The summed E-state index contributed by atoms with van der Waals surface area (Å²) in [6.45, 7) is 1.93. The molecule has 1 aromatic carbocycles. The van der Waals surface area contributed by atoms with Crippen molar-refractivity contribution < 1.29 is 4.79 Å². The van der Waals surface area contributed by atoms with Crippen LogP contribution >= 0.6 is 0 Å². The Morgan fingerprint density at radius 3 is 2.87 bits per heavy atom. The third kappa shape index (κ3) is 1.96. The lowest BCUT2D eigenvalue weighted by Gasteiger charge is -2.04. The van der Waals surface area contributed by atoms with E-state index in [0.29, 0.717) is 0 Å². The highest BCUT2D eigenvalue weighted by molar-refractivity contribution is 5.87. The first kappa shape index (κ1) is 9.65. The van der Waals surface area contributed by atoms with Gasteiger partial charge in [0.05, 0.1) is 11.9 Å². The number of aromatic nitrogens is 1. The van der Waals surface area contributed by atoms with Crippen LogP contribution in [0.15, 0.2) is 30.3 Å². The number of aryl methyl sites for hydroxylation is 1. The Balaban J connectivity index is 2.63. The summed E-state index contributed by atoms with van der Waals surface area (Å²) in [4.78, 5) is 15.3. The molecule has 15 heavy (non-hydrogen) atoms. The molecule has 0 bridgehead atoms. The van der Waals surface area contributed by atoms with Crippen molar-refractivity contribution in [1.82, 2.24) is 4.98 Å². The van der Waals surface area contributed by atoms with Crippen molar-refractivity contribution in [3.8, 4) is 0 Å². The number of carbonyl (C=O) groups is 1. The molecule has 3 nitrogen and oxygen atoms in total. The van der Waals surface area contributed by atoms with E-state index < -0.39 is 0 Å². The molecule has 1 aromatic heterocycles. The molecule has 0 atom stereocenters. The molecule has 2 rings (SSSR count). The van der Waals surface area contributed by atoms with E-state index in [9.17, 15) is 4.79 Å². The largest absolute Gasteiger partial charge is 0.369 e. The third-order valence-corrected chi connectivity index (χ3v) is 2.31. The van der Waals surface area contributed by atoms with E-state index in [2.05, 4.69) is 4.98 Å². The zero-order valence-electron chi connectivity index (χ0n) is 8.53. The minimum Gasteiger partial charge on any atom is -0.369 e. The molecule has 2 N–H and O–H groups in total. The van der Waals surface area contributed by atoms with Gasteiger partial charge < -0.3 is 5.73 Å². The highest BCUT2D eigenvalue weighted by atomic mass is 16.1. The first-order valence-electron chi connectivity index (χ1n) is 4.80. The van der Waals surface area contributed by atoms with Crippen molar-refractivity contribution in [3.05, 3.63) is 41.6 Å². The second-order valence-electron chi connectivity index (χ2n) is 3.58. The van der Waals surface area contributed by atoms with Gasteiger partial charge in [-0.15, -0.1) is 0 Å². The Kier molecular flexibility index (Phi) is 2.37. The van der Waals surface area contributed by atoms with Gasteiger partial charge in [-0.1, -0.05) is 24.3 Å². The number of benzene rings is 1. The Bertz CT molecular complexity index is 520. The van der Waals surface area contributed by atoms with E-state index in [4.69, 9.17) is 5.73 Å². The number of amides is 1. The van der Waals surface area contributed by atoms with Crippen molar-refractivity contribution in [2.45, 2.75) is 13.3 Å². The quantitative estimate of drug-likeness (QED) is 0.800. The number of pyridine rings is 1. The molecule has 0 aliphatic rings. The zero-order valence-corrected chi connectivity index (χ0v) is 8.53. The lowest BCUT2D eigenvalue weighted by atomic mass is 10.1. The van der Waals surface area contributed by atoms with Gasteiger partial charge in [-0.2, -0.15) is 0 Å². The number of para-hydroxylation sites is 1. The predicted octanol–water partition coefficient (Wildman–Crippen LogP) is 1.57. The van der Waals surface area contributed by atoms with Crippen molar-refractivity contribution in [2.24, 2.45) is 5.73 Å². The number of rotatable bonds is 2. The summed E-state index contributed by atoms with van der Waals surface area (Å²) in [5.74, 6) is -0.328. The first-order valence-corrected chi connectivity index (χ1v) is 4.80. The smallest absolute Gasteiger partial charge is 0.221 e. The Morgan fingerprint density at radius 1 is 1.33 bits per heavy atom. The van der Waals surface area contributed by atoms with Gasteiger partial charge in [-0.3, -0.25) is 9.78 Å². The Hall–Kier alpha value is -1.90. The zero-order chi connectivity index (χ0) is 10.8. The SMILES string of the molecule is Cc1ccc2cccc(CC(N)=O)c2n1. The van der Waals surface area contributed by atoms with Crippen molar-refractivity contribution in [2.75, 3.05) is 0 Å². The highest BCUT2D eigenvalue weighted by Gasteiger charge is 2.05. The maximum atomic E-state index is 10.9. The summed E-state index contributed by atoms with van der Waals surface area (Å²) < 4.78 is 0. The molecule has 1 amide bonds. The molecule has 76 valence electrons. The second kappa shape index (κ2) is 3.69. The lowest BCUT2D eigenvalue weighted by Crippen LogP contribution is -2.14. The molecule has 3 heteroatoms. The Morgan fingerprint density at radius 2 is 2.13 bits per heavy atom. The topological polar surface area (TPSA) is 56.0 Å². The first-order chi connectivity index (χ1) is 7.16. The van der Waals surface area contributed by atoms with Gasteiger partial charge in [0.25, 0.3) is 0 Å². The number of hydrogen-bond donors (Lipinski definition) is 1. The van der Waals surface area contributed by atoms with Crippen LogP contribution in [0, 0.1) is 6.92 Å². The summed E-state index contributed by atoms with van der Waals surface area (Å²) in [6, 6.07) is 9.74. The summed E-state index contributed by atoms with van der Waals surface area (Å²) in [6.07, 6.45) is 0.244. The van der Waals surface area contributed by atoms with Gasteiger partial charge in [-0.25, -0.2) is 0 Å². The van der Waals surface area contributed by atoms with Crippen molar-refractivity contribution in [3.63, 3.8) is 0 Å². The van der Waals surface area contributed by atoms with E-state index in [-0.39, 0.29) is 12.3 Å². The minimum atomic E-state index is -0.328. The molecular weight excluding hydrogens is 188 g/mol. The predicted molar refractivity (Wildman–Crippen MR) is 59.4 cm³/mol. The molecule has 0 unspecified atom stereocenters. The summed E-state index contributed by atoms with van der Waals surface area (Å²) >= 11 is 0. The normalized spacial score (nSPS) is 10.5. The van der Waals surface area contributed by atoms with Gasteiger partial charge in [-0.05, 0) is 18.6 Å². The van der Waals surface area contributed by atoms with E-state index in [1.807, 2.05) is 37.3 Å². The fourth-order valence-corrected chi connectivity index (χ4v) is 1.64. The van der Waals surface area contributed by atoms with Crippen LogP contribution in [0.4, 0.5) is 0 Å². The van der Waals surface area contributed by atoms with Crippen LogP contribution in [0.2, 0.25) is 0 Å². The van der Waals surface area contributed by atoms with Crippen molar-refractivity contribution in [1.29, 1.82) is 0 Å². The molecule has 0 radical (unpaired) electrons. The van der Waals surface area contributed by atoms with Crippen LogP contribution in [0.5, 0.6) is 0 Å². The van der Waals surface area contributed by atoms with E-state index in [1.54, 1.807) is 0 Å². The standard InChI is InChI=1S/C12H12N2O/c1-8-5-6-9-3-2-4-10(7-11(13)15)12(9)14-8/h2-6H,7H2,1H3,(H2,13,15). The number of primary amides is 1. The van der Waals surface area contributed by atoms with Crippen LogP contribution in [0.3, 0.4) is 0 Å². The molecule has 0 fully saturated rings. The van der Waals surface area contributed by atoms with Crippen LogP contribution < -0.4 is 5.73 Å². The van der Waals surface area contributed by atoms with Gasteiger partial charge in [0.2, 0.25) is 5.91 Å². The molecule has 0 aliphatic heterocycles. The van der Waals surface area contributed by atoms with Crippen LogP contribution in [0.25, 0.3) is 10.9 Å². The number of fused-ring (bicyclic) bond motifs is 1. The number of nitrogens with zero attached hydrogens (tertiary/aromatic N) is 1. The average Bonchev–Trinajstić information content (AvgIpc) is 2.18. The molecule has 0 aliphatic carbocycles. The summed E-state index contributed by atoms with van der Waals surface area (Å²) in [5, 5.41) is 1.04. The fourth-order valence-electron chi connectivity index (χ4n) is 1.64. The van der Waals surface area contributed by atoms with Gasteiger partial charge >= 0.3 is 0 Å². The maximum Gasteiger partial charge on any atom is 0.221 e. The number of nitrogens with two attached hydrogens (primary N) is 1. The monoisotopic (exact) mass is 200 g/mol. The van der Waals surface area contributed by atoms with Crippen LogP contribution in [-0.4, -0.2) is 10.9 Å². The molecular formula is C12H12N2O. The minimum absolute atomic E-state index is 0.244. The van der Waals surface area contributed by atoms with Crippen molar-refractivity contribution >= 4 is 16.8 Å². The summed E-state index contributed by atoms with van der Waals surface area (Å²) in [7, 11) is 0. The maximum absolute atomic E-state index is 10.9. The van der Waals surface area contributed by atoms with E-state index in [1.165, 1.54) is 0 Å². The Labute approximate surface area is 87.9 Å². The van der Waals surface area contributed by atoms with E-state index in [0.717, 1.165) is 22.2 Å². The number of hydrogen-bond acceptors (Lipinski definition) is 2. The summed E-state index contributed by atoms with van der Waals surface area (Å²) in [5.41, 5.74) is 7.89. The highest BCUT2D eigenvalue weighted by Crippen LogP contribution is 2.17. The third-order valence-electron chi connectivity index (χ3n) is 2.31. The average molecular weight is 200 g/mol. The fraction of sp³-hybridized carbons (Fsp3) is 0.167. The van der Waals surface area contributed by atoms with Gasteiger partial charge in [0.1, 0.15) is 0 Å². The van der Waals surface area contributed by atoms with Crippen LogP contribution in [0.1, 0.15) is 11.3 Å². The van der Waals surface area contributed by atoms with Gasteiger partial charge in [0, 0.05) is 11.1 Å². The molecule has 0 saturated heterocycles. The lowest BCUT2D eigenvalue weighted by molar-refractivity contribution is -0.117. The number of carbonyl (C=O) groups excluding carboxylic acids is 1.